The molecular weight excluding hydrogens is 297 g/mol. The van der Waals surface area contributed by atoms with E-state index in [1.807, 2.05) is 0 Å². The fourth-order valence-corrected chi connectivity index (χ4v) is 2.91. The number of amides is 1. The van der Waals surface area contributed by atoms with Crippen molar-refractivity contribution >= 4 is 11.6 Å². The molecule has 0 bridgehead atoms. The minimum absolute atomic E-state index is 0.0683. The first-order chi connectivity index (χ1) is 10.4. The summed E-state index contributed by atoms with van der Waals surface area (Å²) in [5, 5.41) is 6.32. The molecule has 1 aliphatic rings. The molecule has 118 valence electrons. The van der Waals surface area contributed by atoms with Crippen LogP contribution in [0.1, 0.15) is 36.0 Å². The lowest BCUT2D eigenvalue weighted by Gasteiger charge is -2.31. The first-order valence-electron chi connectivity index (χ1n) is 7.06. The standard InChI is InChI=1S/C14H15F3N4O/c15-14(16,17)13(5-1-2-6-13)8-18-12(22)10-3-4-11-19-9-20-21(11)7-10/h3-4,7,9H,1-2,5-6,8H2,(H,18,22). The van der Waals surface area contributed by atoms with Gasteiger partial charge in [0.1, 0.15) is 6.33 Å². The molecule has 0 radical (unpaired) electrons. The zero-order valence-corrected chi connectivity index (χ0v) is 11.7. The third-order valence-corrected chi connectivity index (χ3v) is 4.29. The van der Waals surface area contributed by atoms with Crippen molar-refractivity contribution in [3.8, 4) is 0 Å². The van der Waals surface area contributed by atoms with Gasteiger partial charge >= 0.3 is 6.18 Å². The molecule has 8 heteroatoms. The molecule has 0 spiro atoms. The lowest BCUT2D eigenvalue weighted by molar-refractivity contribution is -0.219. The summed E-state index contributed by atoms with van der Waals surface area (Å²) in [4.78, 5) is 16.0. The molecule has 1 amide bonds. The van der Waals surface area contributed by atoms with Gasteiger partial charge in [-0.15, -0.1) is 0 Å². The Bertz CT molecular complexity index is 689. The summed E-state index contributed by atoms with van der Waals surface area (Å²) in [5.41, 5.74) is -0.965. The van der Waals surface area contributed by atoms with Gasteiger partial charge in [0.05, 0.1) is 11.0 Å². The molecule has 1 saturated carbocycles. The SMILES string of the molecule is O=C(NCC1(C(F)(F)F)CCCC1)c1ccc2ncnn2c1. The van der Waals surface area contributed by atoms with Crippen LogP contribution in [0.4, 0.5) is 13.2 Å². The Morgan fingerprint density at radius 2 is 2.05 bits per heavy atom. The minimum Gasteiger partial charge on any atom is -0.351 e. The molecule has 22 heavy (non-hydrogen) atoms. The number of alkyl halides is 3. The smallest absolute Gasteiger partial charge is 0.351 e. The molecule has 0 aromatic carbocycles. The number of fused-ring (bicyclic) bond motifs is 1. The third-order valence-electron chi connectivity index (χ3n) is 4.29. The van der Waals surface area contributed by atoms with Gasteiger partial charge < -0.3 is 5.32 Å². The van der Waals surface area contributed by atoms with Gasteiger partial charge in [0.25, 0.3) is 5.91 Å². The van der Waals surface area contributed by atoms with E-state index in [4.69, 9.17) is 0 Å². The van der Waals surface area contributed by atoms with Crippen molar-refractivity contribution in [2.24, 2.45) is 5.41 Å². The predicted octanol–water partition coefficient (Wildman–Crippen LogP) is 2.58. The van der Waals surface area contributed by atoms with E-state index in [0.717, 1.165) is 0 Å². The molecule has 5 nitrogen and oxygen atoms in total. The zero-order valence-electron chi connectivity index (χ0n) is 11.7. The maximum atomic E-state index is 13.3. The summed E-state index contributed by atoms with van der Waals surface area (Å²) < 4.78 is 41.2. The fraction of sp³-hybridized carbons (Fsp3) is 0.500. The van der Waals surface area contributed by atoms with Crippen LogP contribution in [0.15, 0.2) is 24.7 Å². The van der Waals surface area contributed by atoms with Crippen LogP contribution in [0.25, 0.3) is 5.65 Å². The normalized spacial score (nSPS) is 17.8. The number of nitrogens with one attached hydrogen (secondary N) is 1. The van der Waals surface area contributed by atoms with Crippen LogP contribution in [-0.4, -0.2) is 33.2 Å². The van der Waals surface area contributed by atoms with Crippen molar-refractivity contribution in [1.82, 2.24) is 19.9 Å². The second-order valence-electron chi connectivity index (χ2n) is 5.65. The third kappa shape index (κ3) is 2.53. The van der Waals surface area contributed by atoms with Gasteiger partial charge in [-0.2, -0.15) is 18.3 Å². The number of carbonyl (C=O) groups excluding carboxylic acids is 1. The summed E-state index contributed by atoms with van der Waals surface area (Å²) in [6.07, 6.45) is -0.286. The number of halogens is 3. The van der Waals surface area contributed by atoms with Crippen molar-refractivity contribution in [2.45, 2.75) is 31.9 Å². The highest BCUT2D eigenvalue weighted by Crippen LogP contribution is 2.49. The predicted molar refractivity (Wildman–Crippen MR) is 72.3 cm³/mol. The molecule has 2 aromatic rings. The number of nitrogens with zero attached hydrogens (tertiary/aromatic N) is 3. The maximum Gasteiger partial charge on any atom is 0.396 e. The van der Waals surface area contributed by atoms with Crippen LogP contribution in [0.5, 0.6) is 0 Å². The van der Waals surface area contributed by atoms with E-state index in [1.54, 1.807) is 6.07 Å². The number of rotatable bonds is 3. The molecule has 1 N–H and O–H groups in total. The van der Waals surface area contributed by atoms with E-state index in [0.29, 0.717) is 18.5 Å². The van der Waals surface area contributed by atoms with Crippen molar-refractivity contribution in [3.05, 3.63) is 30.2 Å². The largest absolute Gasteiger partial charge is 0.396 e. The molecular formula is C14H15F3N4O. The number of hydrogen-bond donors (Lipinski definition) is 1. The molecule has 2 aromatic heterocycles. The van der Waals surface area contributed by atoms with Gasteiger partial charge in [-0.05, 0) is 25.0 Å². The Balaban J connectivity index is 1.73. The van der Waals surface area contributed by atoms with Crippen LogP contribution in [0, 0.1) is 5.41 Å². The van der Waals surface area contributed by atoms with Crippen LogP contribution < -0.4 is 5.32 Å². The number of aromatic nitrogens is 3. The van der Waals surface area contributed by atoms with Gasteiger partial charge in [0.15, 0.2) is 5.65 Å². The van der Waals surface area contributed by atoms with Crippen LogP contribution in [0.3, 0.4) is 0 Å². The van der Waals surface area contributed by atoms with E-state index in [1.165, 1.54) is 23.1 Å². The van der Waals surface area contributed by atoms with E-state index in [2.05, 4.69) is 15.4 Å². The summed E-state index contributed by atoms with van der Waals surface area (Å²) >= 11 is 0. The second kappa shape index (κ2) is 5.26. The molecule has 0 aliphatic heterocycles. The molecule has 0 atom stereocenters. The average Bonchev–Trinajstić information content (AvgIpc) is 3.12. The summed E-state index contributed by atoms with van der Waals surface area (Å²) in [7, 11) is 0. The highest BCUT2D eigenvalue weighted by Gasteiger charge is 2.55. The van der Waals surface area contributed by atoms with E-state index in [-0.39, 0.29) is 24.9 Å². The van der Waals surface area contributed by atoms with Crippen molar-refractivity contribution in [2.75, 3.05) is 6.54 Å². The average molecular weight is 312 g/mol. The summed E-state index contributed by atoms with van der Waals surface area (Å²) in [6.45, 7) is -0.384. The molecule has 1 fully saturated rings. The lowest BCUT2D eigenvalue weighted by Crippen LogP contribution is -2.45. The Morgan fingerprint density at radius 3 is 2.73 bits per heavy atom. The summed E-state index contributed by atoms with van der Waals surface area (Å²) in [6, 6.07) is 3.12. The molecule has 2 heterocycles. The molecule has 0 saturated heterocycles. The van der Waals surface area contributed by atoms with E-state index < -0.39 is 17.5 Å². The Morgan fingerprint density at radius 1 is 1.32 bits per heavy atom. The van der Waals surface area contributed by atoms with E-state index in [9.17, 15) is 18.0 Å². The minimum atomic E-state index is -4.30. The van der Waals surface area contributed by atoms with Crippen molar-refractivity contribution in [1.29, 1.82) is 0 Å². The highest BCUT2D eigenvalue weighted by atomic mass is 19.4. The number of pyridine rings is 1. The second-order valence-corrected chi connectivity index (χ2v) is 5.65. The Hall–Kier alpha value is -2.12. The Labute approximate surface area is 124 Å². The quantitative estimate of drug-likeness (QED) is 0.947. The van der Waals surface area contributed by atoms with E-state index >= 15 is 0 Å². The number of carbonyl (C=O) groups is 1. The first-order valence-corrected chi connectivity index (χ1v) is 7.06. The molecule has 3 rings (SSSR count). The highest BCUT2D eigenvalue weighted by molar-refractivity contribution is 5.94. The monoisotopic (exact) mass is 312 g/mol. The van der Waals surface area contributed by atoms with Crippen LogP contribution in [0.2, 0.25) is 0 Å². The van der Waals surface area contributed by atoms with Gasteiger partial charge in [-0.3, -0.25) is 4.79 Å². The molecule has 1 aliphatic carbocycles. The topological polar surface area (TPSA) is 59.3 Å². The van der Waals surface area contributed by atoms with Crippen molar-refractivity contribution in [3.63, 3.8) is 0 Å². The number of hydrogen-bond acceptors (Lipinski definition) is 3. The lowest BCUT2D eigenvalue weighted by atomic mass is 9.85. The van der Waals surface area contributed by atoms with Crippen LogP contribution in [-0.2, 0) is 0 Å². The van der Waals surface area contributed by atoms with Crippen LogP contribution >= 0.6 is 0 Å². The fourth-order valence-electron chi connectivity index (χ4n) is 2.91. The molecule has 0 unspecified atom stereocenters. The first kappa shape index (κ1) is 14.8. The van der Waals surface area contributed by atoms with Gasteiger partial charge in [0.2, 0.25) is 0 Å². The maximum absolute atomic E-state index is 13.3. The van der Waals surface area contributed by atoms with Gasteiger partial charge in [0, 0.05) is 12.7 Å². The zero-order chi connectivity index (χ0) is 15.8. The van der Waals surface area contributed by atoms with Gasteiger partial charge in [-0.1, -0.05) is 12.8 Å². The van der Waals surface area contributed by atoms with Crippen molar-refractivity contribution < 1.29 is 18.0 Å². The summed E-state index contributed by atoms with van der Waals surface area (Å²) in [5.74, 6) is -0.534. The van der Waals surface area contributed by atoms with Gasteiger partial charge in [-0.25, -0.2) is 9.50 Å². The Kier molecular flexibility index (Phi) is 3.54.